The average Bonchev–Trinajstić information content (AvgIpc) is 2.19. The normalized spacial score (nSPS) is 21.8. The molecule has 0 fully saturated rings. The minimum Gasteiger partial charge on any atom is -0.306 e. The van der Waals surface area contributed by atoms with Gasteiger partial charge < -0.3 is 5.32 Å². The lowest BCUT2D eigenvalue weighted by Crippen LogP contribution is -2.23. The fourth-order valence-electron chi connectivity index (χ4n) is 1.59. The van der Waals surface area contributed by atoms with E-state index in [-0.39, 0.29) is 0 Å². The summed E-state index contributed by atoms with van der Waals surface area (Å²) in [6, 6.07) is 8.48. The Labute approximate surface area is 83.4 Å². The van der Waals surface area contributed by atoms with Crippen LogP contribution in [0.3, 0.4) is 0 Å². The number of benzene rings is 1. The maximum atomic E-state index is 5.92. The Balaban J connectivity index is 2.20. The van der Waals surface area contributed by atoms with Gasteiger partial charge in [-0.2, -0.15) is 0 Å². The van der Waals surface area contributed by atoms with Crippen LogP contribution in [0.1, 0.15) is 18.0 Å². The van der Waals surface area contributed by atoms with E-state index in [2.05, 4.69) is 23.5 Å². The van der Waals surface area contributed by atoms with Crippen molar-refractivity contribution in [3.63, 3.8) is 0 Å². The molecule has 2 rings (SSSR count). The zero-order chi connectivity index (χ0) is 9.10. The molecule has 0 amide bonds. The molecule has 0 unspecified atom stereocenters. The van der Waals surface area contributed by atoms with Gasteiger partial charge in [0.1, 0.15) is 0 Å². The molecule has 0 radical (unpaired) electrons. The summed E-state index contributed by atoms with van der Waals surface area (Å²) >= 11 is 5.92. The molecule has 68 valence electrons. The first-order valence-electron chi connectivity index (χ1n) is 4.50. The SMILES string of the molecule is Clc1cccc([C@@H]2CC=CCN2)c1. The molecule has 0 aromatic heterocycles. The number of halogens is 1. The van der Waals surface area contributed by atoms with Crippen LogP contribution in [0, 0.1) is 0 Å². The smallest absolute Gasteiger partial charge is 0.0409 e. The summed E-state index contributed by atoms with van der Waals surface area (Å²) in [5, 5.41) is 4.23. The van der Waals surface area contributed by atoms with Gasteiger partial charge >= 0.3 is 0 Å². The van der Waals surface area contributed by atoms with Crippen LogP contribution in [0.5, 0.6) is 0 Å². The molecule has 1 N–H and O–H groups in total. The van der Waals surface area contributed by atoms with Crippen molar-refractivity contribution in [2.45, 2.75) is 12.5 Å². The summed E-state index contributed by atoms with van der Waals surface area (Å²) in [4.78, 5) is 0. The first-order chi connectivity index (χ1) is 6.36. The van der Waals surface area contributed by atoms with Crippen LogP contribution < -0.4 is 5.32 Å². The second-order valence-corrected chi connectivity index (χ2v) is 3.66. The summed E-state index contributed by atoms with van der Waals surface area (Å²) in [5.41, 5.74) is 1.27. The highest BCUT2D eigenvalue weighted by Gasteiger charge is 2.10. The van der Waals surface area contributed by atoms with Crippen LogP contribution in [0.4, 0.5) is 0 Å². The van der Waals surface area contributed by atoms with E-state index in [0.717, 1.165) is 18.0 Å². The van der Waals surface area contributed by atoms with Crippen molar-refractivity contribution in [1.29, 1.82) is 0 Å². The van der Waals surface area contributed by atoms with Crippen molar-refractivity contribution in [2.24, 2.45) is 0 Å². The van der Waals surface area contributed by atoms with E-state index < -0.39 is 0 Å². The molecule has 1 nitrogen and oxygen atoms in total. The van der Waals surface area contributed by atoms with Crippen LogP contribution >= 0.6 is 11.6 Å². The summed E-state index contributed by atoms with van der Waals surface area (Å²) in [6.45, 7) is 0.956. The molecule has 13 heavy (non-hydrogen) atoms. The van der Waals surface area contributed by atoms with Gasteiger partial charge in [0, 0.05) is 17.6 Å². The van der Waals surface area contributed by atoms with Crippen LogP contribution in [-0.2, 0) is 0 Å². The lowest BCUT2D eigenvalue weighted by atomic mass is 10.0. The number of nitrogens with one attached hydrogen (secondary N) is 1. The topological polar surface area (TPSA) is 12.0 Å². The fraction of sp³-hybridized carbons (Fsp3) is 0.273. The maximum absolute atomic E-state index is 5.92. The predicted molar refractivity (Wildman–Crippen MR) is 56.0 cm³/mol. The molecule has 1 atom stereocenters. The molecule has 0 bridgehead atoms. The van der Waals surface area contributed by atoms with Crippen molar-refractivity contribution in [3.8, 4) is 0 Å². The molecular formula is C11H12ClN. The van der Waals surface area contributed by atoms with Gasteiger partial charge in [-0.25, -0.2) is 0 Å². The molecule has 1 aliphatic heterocycles. The number of hydrogen-bond acceptors (Lipinski definition) is 1. The van der Waals surface area contributed by atoms with E-state index in [9.17, 15) is 0 Å². The summed E-state index contributed by atoms with van der Waals surface area (Å²) in [6.07, 6.45) is 5.42. The van der Waals surface area contributed by atoms with Gasteiger partial charge in [-0.15, -0.1) is 0 Å². The summed E-state index contributed by atoms with van der Waals surface area (Å²) in [7, 11) is 0. The molecule has 0 saturated heterocycles. The van der Waals surface area contributed by atoms with Crippen molar-refractivity contribution >= 4 is 11.6 Å². The van der Waals surface area contributed by atoms with Crippen LogP contribution in [0.2, 0.25) is 5.02 Å². The predicted octanol–water partition coefficient (Wildman–Crippen LogP) is 2.93. The van der Waals surface area contributed by atoms with E-state index in [1.54, 1.807) is 0 Å². The average molecular weight is 194 g/mol. The molecule has 0 aliphatic carbocycles. The quantitative estimate of drug-likeness (QED) is 0.677. The highest BCUT2D eigenvalue weighted by molar-refractivity contribution is 6.30. The first-order valence-corrected chi connectivity index (χ1v) is 4.88. The van der Waals surface area contributed by atoms with Crippen molar-refractivity contribution in [2.75, 3.05) is 6.54 Å². The molecule has 1 aliphatic rings. The molecule has 0 saturated carbocycles. The van der Waals surface area contributed by atoms with Gasteiger partial charge in [-0.3, -0.25) is 0 Å². The Morgan fingerprint density at radius 3 is 2.92 bits per heavy atom. The Hall–Kier alpha value is -0.790. The van der Waals surface area contributed by atoms with E-state index in [1.165, 1.54) is 5.56 Å². The Morgan fingerprint density at radius 2 is 2.23 bits per heavy atom. The van der Waals surface area contributed by atoms with E-state index >= 15 is 0 Å². The molecule has 1 heterocycles. The van der Waals surface area contributed by atoms with Gasteiger partial charge in [0.2, 0.25) is 0 Å². The Morgan fingerprint density at radius 1 is 1.31 bits per heavy atom. The van der Waals surface area contributed by atoms with Crippen molar-refractivity contribution in [1.82, 2.24) is 5.32 Å². The standard InChI is InChI=1S/C11H12ClN/c12-10-5-3-4-9(8-10)11-6-1-2-7-13-11/h1-5,8,11,13H,6-7H2/t11-/m0/s1. The molecule has 0 spiro atoms. The lowest BCUT2D eigenvalue weighted by molar-refractivity contribution is 0.555. The zero-order valence-corrected chi connectivity index (χ0v) is 8.09. The fourth-order valence-corrected chi connectivity index (χ4v) is 1.79. The van der Waals surface area contributed by atoms with Crippen molar-refractivity contribution in [3.05, 3.63) is 47.0 Å². The Kier molecular flexibility index (Phi) is 2.67. The molecule has 1 aromatic carbocycles. The largest absolute Gasteiger partial charge is 0.306 e. The van der Waals surface area contributed by atoms with Crippen LogP contribution in [0.25, 0.3) is 0 Å². The minimum atomic E-state index is 0.434. The van der Waals surface area contributed by atoms with Gasteiger partial charge in [0.15, 0.2) is 0 Å². The first kappa shape index (κ1) is 8.79. The molecule has 1 aromatic rings. The number of hydrogen-bond donors (Lipinski definition) is 1. The summed E-state index contributed by atoms with van der Waals surface area (Å²) in [5.74, 6) is 0. The summed E-state index contributed by atoms with van der Waals surface area (Å²) < 4.78 is 0. The van der Waals surface area contributed by atoms with Gasteiger partial charge in [0.05, 0.1) is 0 Å². The lowest BCUT2D eigenvalue weighted by Gasteiger charge is -2.20. The molecular weight excluding hydrogens is 182 g/mol. The third kappa shape index (κ3) is 2.11. The molecule has 2 heteroatoms. The third-order valence-corrected chi connectivity index (χ3v) is 2.51. The monoisotopic (exact) mass is 193 g/mol. The van der Waals surface area contributed by atoms with E-state index in [1.807, 2.05) is 18.2 Å². The zero-order valence-electron chi connectivity index (χ0n) is 7.33. The van der Waals surface area contributed by atoms with Gasteiger partial charge in [0.25, 0.3) is 0 Å². The van der Waals surface area contributed by atoms with Gasteiger partial charge in [-0.1, -0.05) is 35.9 Å². The van der Waals surface area contributed by atoms with Gasteiger partial charge in [-0.05, 0) is 24.1 Å². The second kappa shape index (κ2) is 3.95. The van der Waals surface area contributed by atoms with Crippen LogP contribution in [0.15, 0.2) is 36.4 Å². The minimum absolute atomic E-state index is 0.434. The van der Waals surface area contributed by atoms with Crippen LogP contribution in [-0.4, -0.2) is 6.54 Å². The van der Waals surface area contributed by atoms with E-state index in [0.29, 0.717) is 6.04 Å². The Bertz CT molecular complexity index is 320. The number of rotatable bonds is 1. The maximum Gasteiger partial charge on any atom is 0.0409 e. The van der Waals surface area contributed by atoms with Crippen molar-refractivity contribution < 1.29 is 0 Å². The second-order valence-electron chi connectivity index (χ2n) is 3.22. The highest BCUT2D eigenvalue weighted by atomic mass is 35.5. The van der Waals surface area contributed by atoms with E-state index in [4.69, 9.17) is 11.6 Å². The third-order valence-electron chi connectivity index (χ3n) is 2.27. The highest BCUT2D eigenvalue weighted by Crippen LogP contribution is 2.22.